The van der Waals surface area contributed by atoms with Crippen molar-refractivity contribution in [1.82, 2.24) is 0 Å². The molecule has 16 heavy (non-hydrogen) atoms. The summed E-state index contributed by atoms with van der Waals surface area (Å²) in [5.74, 6) is 0. The van der Waals surface area contributed by atoms with E-state index in [-0.39, 0.29) is 5.41 Å². The van der Waals surface area contributed by atoms with Crippen LogP contribution in [-0.4, -0.2) is 14.7 Å². The summed E-state index contributed by atoms with van der Waals surface area (Å²) in [5.41, 5.74) is 2.27. The number of sulfone groups is 1. The second-order valence-electron chi connectivity index (χ2n) is 5.00. The topological polar surface area (TPSA) is 34.1 Å². The Hall–Kier alpha value is -1.09. The molecule has 1 aromatic carbocycles. The smallest absolute Gasteiger partial charge is 0.168 e. The average Bonchev–Trinajstić information content (AvgIpc) is 2.13. The quantitative estimate of drug-likeness (QED) is 0.793. The Bertz CT molecular complexity index is 474. The number of benzene rings is 1. The van der Waals surface area contributed by atoms with Gasteiger partial charge in [0.15, 0.2) is 9.84 Å². The third-order valence-electron chi connectivity index (χ3n) is 2.28. The van der Waals surface area contributed by atoms with Crippen LogP contribution >= 0.6 is 0 Å². The van der Waals surface area contributed by atoms with Crippen molar-refractivity contribution < 1.29 is 8.42 Å². The summed E-state index contributed by atoms with van der Waals surface area (Å²) >= 11 is 0. The summed E-state index contributed by atoms with van der Waals surface area (Å²) in [4.78, 5) is 0. The molecule has 0 aromatic heterocycles. The van der Waals surface area contributed by atoms with Gasteiger partial charge in [-0.3, -0.25) is 0 Å². The van der Waals surface area contributed by atoms with Crippen LogP contribution in [0.1, 0.15) is 31.9 Å². The molecule has 0 amide bonds. The third-order valence-corrected chi connectivity index (χ3v) is 2.91. The lowest BCUT2D eigenvalue weighted by atomic mass is 9.87. The fourth-order valence-electron chi connectivity index (χ4n) is 1.30. The molecule has 0 spiro atoms. The van der Waals surface area contributed by atoms with Crippen molar-refractivity contribution >= 4 is 15.9 Å². The molecule has 1 aromatic rings. The maximum atomic E-state index is 10.9. The first-order chi connectivity index (χ1) is 7.18. The molecule has 3 heteroatoms. The standard InChI is InChI=1S/C13H18O2S/c1-13(2,3)12-7-5-11(6-8-12)9-10-16(4,14)15/h5-10H,1-4H3. The molecule has 0 unspecified atom stereocenters. The Labute approximate surface area is 97.9 Å². The van der Waals surface area contributed by atoms with E-state index < -0.39 is 9.84 Å². The summed E-state index contributed by atoms with van der Waals surface area (Å²) in [6, 6.07) is 7.93. The first-order valence-electron chi connectivity index (χ1n) is 5.17. The van der Waals surface area contributed by atoms with Crippen molar-refractivity contribution in [2.24, 2.45) is 0 Å². The van der Waals surface area contributed by atoms with Crippen LogP contribution in [0.2, 0.25) is 0 Å². The first-order valence-corrected chi connectivity index (χ1v) is 7.13. The van der Waals surface area contributed by atoms with Crippen molar-refractivity contribution in [2.45, 2.75) is 26.2 Å². The average molecular weight is 238 g/mol. The van der Waals surface area contributed by atoms with Gasteiger partial charge in [-0.25, -0.2) is 8.42 Å². The van der Waals surface area contributed by atoms with Crippen molar-refractivity contribution in [1.29, 1.82) is 0 Å². The van der Waals surface area contributed by atoms with E-state index in [9.17, 15) is 8.42 Å². The zero-order chi connectivity index (χ0) is 12.4. The fraction of sp³-hybridized carbons (Fsp3) is 0.385. The van der Waals surface area contributed by atoms with E-state index in [2.05, 4.69) is 20.8 Å². The number of hydrogen-bond acceptors (Lipinski definition) is 2. The van der Waals surface area contributed by atoms with Gasteiger partial charge in [-0.1, -0.05) is 45.0 Å². The monoisotopic (exact) mass is 238 g/mol. The molecular formula is C13H18O2S. The molecule has 0 aliphatic heterocycles. The fourth-order valence-corrected chi connectivity index (χ4v) is 1.70. The lowest BCUT2D eigenvalue weighted by Crippen LogP contribution is -2.10. The largest absolute Gasteiger partial charge is 0.225 e. The molecule has 0 N–H and O–H groups in total. The molecule has 0 bridgehead atoms. The van der Waals surface area contributed by atoms with Crippen LogP contribution in [0.4, 0.5) is 0 Å². The summed E-state index contributed by atoms with van der Waals surface area (Å²) in [6.07, 6.45) is 2.80. The highest BCUT2D eigenvalue weighted by molar-refractivity contribution is 7.93. The van der Waals surface area contributed by atoms with Gasteiger partial charge in [0.25, 0.3) is 0 Å². The lowest BCUT2D eigenvalue weighted by Gasteiger charge is -2.18. The molecular weight excluding hydrogens is 220 g/mol. The molecule has 1 rings (SSSR count). The maximum Gasteiger partial charge on any atom is 0.168 e. The molecule has 0 atom stereocenters. The molecule has 88 valence electrons. The van der Waals surface area contributed by atoms with Gasteiger partial charge in [-0.2, -0.15) is 0 Å². The predicted octanol–water partition coefficient (Wildman–Crippen LogP) is 3.00. The SMILES string of the molecule is CC(C)(C)c1ccc(C=CS(C)(=O)=O)cc1. The van der Waals surface area contributed by atoms with Crippen LogP contribution in [0.25, 0.3) is 6.08 Å². The Kier molecular flexibility index (Phi) is 3.58. The van der Waals surface area contributed by atoms with Crippen LogP contribution in [0.5, 0.6) is 0 Å². The minimum Gasteiger partial charge on any atom is -0.225 e. The number of hydrogen-bond donors (Lipinski definition) is 0. The van der Waals surface area contributed by atoms with Gasteiger partial charge < -0.3 is 0 Å². The molecule has 2 nitrogen and oxygen atoms in total. The van der Waals surface area contributed by atoms with Gasteiger partial charge in [-0.05, 0) is 22.6 Å². The Morgan fingerprint density at radius 2 is 1.56 bits per heavy atom. The van der Waals surface area contributed by atoms with Crippen LogP contribution in [0.15, 0.2) is 29.7 Å². The van der Waals surface area contributed by atoms with Crippen molar-refractivity contribution in [3.8, 4) is 0 Å². The van der Waals surface area contributed by atoms with Gasteiger partial charge in [0.1, 0.15) is 0 Å². The Morgan fingerprint density at radius 3 is 1.94 bits per heavy atom. The van der Waals surface area contributed by atoms with Crippen LogP contribution in [-0.2, 0) is 15.3 Å². The summed E-state index contributed by atoms with van der Waals surface area (Å²) in [6.45, 7) is 6.44. The van der Waals surface area contributed by atoms with Gasteiger partial charge >= 0.3 is 0 Å². The van der Waals surface area contributed by atoms with Crippen molar-refractivity contribution in [3.63, 3.8) is 0 Å². The molecule has 0 aliphatic carbocycles. The summed E-state index contributed by atoms with van der Waals surface area (Å²) in [5, 5.41) is 1.22. The van der Waals surface area contributed by atoms with E-state index in [4.69, 9.17) is 0 Å². The highest BCUT2D eigenvalue weighted by Crippen LogP contribution is 2.22. The summed E-state index contributed by atoms with van der Waals surface area (Å²) in [7, 11) is -3.04. The highest BCUT2D eigenvalue weighted by atomic mass is 32.2. The van der Waals surface area contributed by atoms with E-state index in [0.29, 0.717) is 0 Å². The minimum atomic E-state index is -3.04. The van der Waals surface area contributed by atoms with E-state index in [0.717, 1.165) is 5.56 Å². The van der Waals surface area contributed by atoms with Crippen LogP contribution < -0.4 is 0 Å². The van der Waals surface area contributed by atoms with Gasteiger partial charge in [0, 0.05) is 11.7 Å². The second kappa shape index (κ2) is 4.42. The van der Waals surface area contributed by atoms with Gasteiger partial charge in [0.2, 0.25) is 0 Å². The zero-order valence-corrected chi connectivity index (χ0v) is 11.0. The van der Waals surface area contributed by atoms with Crippen LogP contribution in [0.3, 0.4) is 0 Å². The lowest BCUT2D eigenvalue weighted by molar-refractivity contribution is 0.590. The molecule has 0 aliphatic rings. The minimum absolute atomic E-state index is 0.124. The molecule has 0 fully saturated rings. The first kappa shape index (κ1) is 13.0. The molecule has 0 heterocycles. The van der Waals surface area contributed by atoms with Gasteiger partial charge in [-0.15, -0.1) is 0 Å². The van der Waals surface area contributed by atoms with Crippen molar-refractivity contribution in [3.05, 3.63) is 40.8 Å². The zero-order valence-electron chi connectivity index (χ0n) is 10.2. The van der Waals surface area contributed by atoms with Crippen LogP contribution in [0, 0.1) is 0 Å². The Balaban J connectivity index is 2.93. The highest BCUT2D eigenvalue weighted by Gasteiger charge is 2.12. The van der Waals surface area contributed by atoms with E-state index in [1.807, 2.05) is 24.3 Å². The molecule has 0 saturated carbocycles. The Morgan fingerprint density at radius 1 is 1.06 bits per heavy atom. The van der Waals surface area contributed by atoms with E-state index >= 15 is 0 Å². The van der Waals surface area contributed by atoms with Crippen molar-refractivity contribution in [2.75, 3.05) is 6.26 Å². The summed E-state index contributed by atoms with van der Waals surface area (Å²) < 4.78 is 21.9. The maximum absolute atomic E-state index is 10.9. The molecule has 0 radical (unpaired) electrons. The predicted molar refractivity (Wildman–Crippen MR) is 69.0 cm³/mol. The molecule has 0 saturated heterocycles. The normalized spacial score (nSPS) is 13.2. The van der Waals surface area contributed by atoms with E-state index in [1.165, 1.54) is 17.2 Å². The second-order valence-corrected chi connectivity index (χ2v) is 6.94. The van der Waals surface area contributed by atoms with E-state index in [1.54, 1.807) is 6.08 Å². The third kappa shape index (κ3) is 4.19. The van der Waals surface area contributed by atoms with Gasteiger partial charge in [0.05, 0.1) is 0 Å². The number of rotatable bonds is 2.